The van der Waals surface area contributed by atoms with Crippen LogP contribution in [-0.4, -0.2) is 162 Å². The molecule has 7 heterocycles. The molecule has 7 rings (SSSR count). The SMILES string of the molecule is CO[C@H]1C(OP(=O)(O)OC[C@H]2O[C@@H](C)[C@@H](O)C2O)[C@@H](COP(=O)(O)OP(=O)(O)OP(=O)(O)OC[C@H]2O[C@@H]([n+]3cn(C)c4c(=O)[nH]c(N)nc43)[C@@H](O)C2O)O[C@H]1n1cnc2c(N)ncnc21. The molecule has 362 valence electrons. The maximum atomic E-state index is 13.3. The van der Waals surface area contributed by atoms with Crippen molar-refractivity contribution in [2.24, 2.45) is 7.05 Å². The Hall–Kier alpha value is -3.30. The van der Waals surface area contributed by atoms with Gasteiger partial charge in [-0.05, 0) is 6.92 Å². The number of hydrogen-bond acceptors (Lipinski definition) is 25. The molecule has 3 saturated heterocycles. The summed E-state index contributed by atoms with van der Waals surface area (Å²) in [5, 5.41) is 41.6. The molecule has 13 N–H and O–H groups in total. The van der Waals surface area contributed by atoms with Gasteiger partial charge in [-0.25, -0.2) is 37.8 Å². The summed E-state index contributed by atoms with van der Waals surface area (Å²) in [4.78, 5) is 72.5. The molecular weight excluding hydrogens is 968 g/mol. The van der Waals surface area contributed by atoms with Crippen LogP contribution in [0.3, 0.4) is 0 Å². The summed E-state index contributed by atoms with van der Waals surface area (Å²) in [6.07, 6.45) is -14.7. The number of nitrogens with two attached hydrogens (primary N) is 2. The van der Waals surface area contributed by atoms with Crippen LogP contribution in [0.1, 0.15) is 19.4 Å². The first-order valence-electron chi connectivity index (χ1n) is 18.6. The highest BCUT2D eigenvalue weighted by Crippen LogP contribution is 2.68. The number of aliphatic hydroxyl groups excluding tert-OH is 4. The number of aliphatic hydroxyl groups is 4. The number of aromatic amines is 1. The molecule has 16 atom stereocenters. The summed E-state index contributed by atoms with van der Waals surface area (Å²) >= 11 is 0. The van der Waals surface area contributed by atoms with Gasteiger partial charge >= 0.3 is 36.9 Å². The molecule has 0 amide bonds. The van der Waals surface area contributed by atoms with Crippen LogP contribution in [0.15, 0.2) is 23.8 Å². The molecule has 0 bridgehead atoms. The fourth-order valence-corrected chi connectivity index (χ4v) is 11.6. The third-order valence-electron chi connectivity index (χ3n) is 10.1. The van der Waals surface area contributed by atoms with E-state index in [9.17, 15) is 63.1 Å². The average Bonchev–Trinajstić information content (AvgIpc) is 3.99. The van der Waals surface area contributed by atoms with E-state index in [1.807, 2.05) is 0 Å². The summed E-state index contributed by atoms with van der Waals surface area (Å²) in [6.45, 7) is -1.68. The first-order chi connectivity index (χ1) is 30.3. The fraction of sp³-hybridized carbons (Fsp3) is 0.643. The van der Waals surface area contributed by atoms with E-state index in [1.165, 1.54) is 35.8 Å². The molecule has 4 aromatic heterocycles. The van der Waals surface area contributed by atoms with Gasteiger partial charge in [0.15, 0.2) is 24.0 Å². The predicted octanol–water partition coefficient (Wildman–Crippen LogP) is -3.54. The van der Waals surface area contributed by atoms with Gasteiger partial charge < -0.3 is 70.4 Å². The van der Waals surface area contributed by atoms with E-state index in [0.717, 1.165) is 18.0 Å². The van der Waals surface area contributed by atoms with Crippen LogP contribution in [0.25, 0.3) is 22.3 Å². The maximum Gasteiger partial charge on any atom is 0.490 e. The summed E-state index contributed by atoms with van der Waals surface area (Å²) in [7, 11) is -20.5. The molecular formula is C28H43N10O23P4+. The highest BCUT2D eigenvalue weighted by atomic mass is 31.3. The van der Waals surface area contributed by atoms with Crippen LogP contribution >= 0.6 is 31.3 Å². The van der Waals surface area contributed by atoms with Crippen LogP contribution in [0.2, 0.25) is 0 Å². The first-order valence-corrected chi connectivity index (χ1v) is 24.6. The second-order valence-electron chi connectivity index (χ2n) is 14.5. The number of anilines is 2. The van der Waals surface area contributed by atoms with Crippen LogP contribution in [0.4, 0.5) is 11.8 Å². The summed E-state index contributed by atoms with van der Waals surface area (Å²) in [5.74, 6) is -0.353. The van der Waals surface area contributed by atoms with Gasteiger partial charge in [0.05, 0.1) is 39.3 Å². The van der Waals surface area contributed by atoms with Gasteiger partial charge in [0, 0.05) is 7.11 Å². The highest BCUT2D eigenvalue weighted by molar-refractivity contribution is 7.66. The average molecular weight is 1010 g/mol. The molecule has 0 saturated carbocycles. The van der Waals surface area contributed by atoms with E-state index in [-0.39, 0.29) is 34.1 Å². The fourth-order valence-electron chi connectivity index (χ4n) is 7.13. The number of nitrogens with one attached hydrogen (secondary N) is 1. The topological polar surface area (TPSA) is 473 Å². The zero-order valence-corrected chi connectivity index (χ0v) is 37.1. The molecule has 3 fully saturated rings. The third kappa shape index (κ3) is 10.6. The number of fused-ring (bicyclic) bond motifs is 2. The Kier molecular flexibility index (Phi) is 14.2. The minimum Gasteiger partial charge on any atom is -0.388 e. The zero-order chi connectivity index (χ0) is 47.6. The number of aromatic nitrogens is 8. The molecule has 0 aromatic carbocycles. The smallest absolute Gasteiger partial charge is 0.388 e. The minimum absolute atomic E-state index is 0.00988. The van der Waals surface area contributed by atoms with E-state index in [0.29, 0.717) is 0 Å². The number of rotatable bonds is 18. The van der Waals surface area contributed by atoms with E-state index >= 15 is 0 Å². The molecule has 65 heavy (non-hydrogen) atoms. The number of aryl methyl sites for hydroxylation is 1. The predicted molar refractivity (Wildman–Crippen MR) is 207 cm³/mol. The quantitative estimate of drug-likeness (QED) is 0.0340. The molecule has 0 spiro atoms. The third-order valence-corrected chi connectivity index (χ3v) is 15.3. The van der Waals surface area contributed by atoms with E-state index < -0.39 is 130 Å². The molecule has 0 radical (unpaired) electrons. The molecule has 33 nitrogen and oxygen atoms in total. The Morgan fingerprint density at radius 2 is 1.40 bits per heavy atom. The lowest BCUT2D eigenvalue weighted by Gasteiger charge is -2.26. The van der Waals surface area contributed by atoms with Crippen molar-refractivity contribution in [3.63, 3.8) is 0 Å². The normalized spacial score (nSPS) is 33.3. The maximum absolute atomic E-state index is 13.3. The van der Waals surface area contributed by atoms with Gasteiger partial charge in [0.25, 0.3) is 11.5 Å². The van der Waals surface area contributed by atoms with Crippen LogP contribution in [0.5, 0.6) is 0 Å². The second-order valence-corrected chi connectivity index (χ2v) is 20.5. The Bertz CT molecular complexity index is 2660. The zero-order valence-electron chi connectivity index (χ0n) is 33.6. The van der Waals surface area contributed by atoms with Crippen molar-refractivity contribution in [3.05, 3.63) is 29.3 Å². The van der Waals surface area contributed by atoms with Gasteiger partial charge in [0.2, 0.25) is 11.7 Å². The number of hydrogen-bond donors (Lipinski definition) is 11. The number of H-pyrrole nitrogens is 1. The van der Waals surface area contributed by atoms with Gasteiger partial charge in [-0.2, -0.15) is 8.62 Å². The summed E-state index contributed by atoms with van der Waals surface area (Å²) in [6, 6.07) is 0. The molecule has 7 unspecified atom stereocenters. The van der Waals surface area contributed by atoms with E-state index in [4.69, 9.17) is 44.0 Å². The summed E-state index contributed by atoms with van der Waals surface area (Å²) < 4.78 is 106. The molecule has 0 aliphatic carbocycles. The van der Waals surface area contributed by atoms with Crippen molar-refractivity contribution >= 4 is 65.4 Å². The Labute approximate surface area is 362 Å². The Morgan fingerprint density at radius 3 is 2.02 bits per heavy atom. The second kappa shape index (κ2) is 18.7. The number of ether oxygens (including phenoxy) is 4. The molecule has 4 aromatic rings. The van der Waals surface area contributed by atoms with Crippen molar-refractivity contribution < 1.29 is 108 Å². The van der Waals surface area contributed by atoms with E-state index in [1.54, 1.807) is 0 Å². The number of nitrogen functional groups attached to an aromatic ring is 2. The van der Waals surface area contributed by atoms with E-state index in [2.05, 4.69) is 38.1 Å². The van der Waals surface area contributed by atoms with Crippen molar-refractivity contribution in [2.45, 2.75) is 80.4 Å². The summed E-state index contributed by atoms with van der Waals surface area (Å²) in [5.41, 5.74) is 10.9. The van der Waals surface area contributed by atoms with Crippen LogP contribution < -0.4 is 21.6 Å². The molecule has 37 heteroatoms. The largest absolute Gasteiger partial charge is 0.490 e. The number of methoxy groups -OCH3 is 1. The number of imidazole rings is 2. The lowest BCUT2D eigenvalue weighted by atomic mass is 10.1. The van der Waals surface area contributed by atoms with Crippen molar-refractivity contribution in [3.8, 4) is 0 Å². The monoisotopic (exact) mass is 1010 g/mol. The molecule has 3 aliphatic heterocycles. The highest BCUT2D eigenvalue weighted by Gasteiger charge is 2.53. The van der Waals surface area contributed by atoms with Crippen LogP contribution in [-0.2, 0) is 71.0 Å². The van der Waals surface area contributed by atoms with Crippen LogP contribution in [0, 0.1) is 0 Å². The van der Waals surface area contributed by atoms with Crippen molar-refractivity contribution in [1.82, 2.24) is 34.1 Å². The lowest BCUT2D eigenvalue weighted by Crippen LogP contribution is -2.46. The Morgan fingerprint density at radius 1 is 0.800 bits per heavy atom. The lowest BCUT2D eigenvalue weighted by molar-refractivity contribution is -0.745. The van der Waals surface area contributed by atoms with Gasteiger partial charge in [0.1, 0.15) is 66.8 Å². The van der Waals surface area contributed by atoms with Gasteiger partial charge in [-0.1, -0.05) is 4.98 Å². The van der Waals surface area contributed by atoms with Crippen molar-refractivity contribution in [2.75, 3.05) is 38.4 Å². The number of phosphoric ester groups is 3. The Balaban J connectivity index is 1.01. The number of nitrogens with zero attached hydrogens (tertiary/aromatic N) is 7. The van der Waals surface area contributed by atoms with Gasteiger partial charge in [-0.15, -0.1) is 0 Å². The molecule has 3 aliphatic rings. The first kappa shape index (κ1) is 49.6. The van der Waals surface area contributed by atoms with Gasteiger partial charge in [-0.3, -0.25) is 37.0 Å². The number of phosphoric acid groups is 4. The minimum atomic E-state index is -6.14. The standard InChI is InChI=1S/C28H42N10O23P4/c1-10-16(39)17(40)11(56-10)4-53-62(44,45)59-20-13(58-27(21(20)52-3)37-8-33-14-22(29)31-7-32-23(14)37)6-55-64(48,49)61-65(50,51)60-63(46,47)54-5-12-18(41)19(42)26(57-12)38-9-36(2)15-24(38)34-28(30)35-25(15)43/h7-13,16-21,26-27,39-42H,4-6H2,1-3H3,(H8-,29,30,31,32,34,35,43,44,45,46,47,48,49,50,51)/p+1/t10-,11+,12+,13+,16+,17?,18?,19-,20?,21-,26+,27+/m0/s1. The van der Waals surface area contributed by atoms with Crippen molar-refractivity contribution in [1.29, 1.82) is 0 Å².